The number of hydrogen-bond acceptors (Lipinski definition) is 7. The average Bonchev–Trinajstić information content (AvgIpc) is 3.20. The van der Waals surface area contributed by atoms with Gasteiger partial charge in [-0.1, -0.05) is 23.2 Å². The molecule has 0 aliphatic heterocycles. The summed E-state index contributed by atoms with van der Waals surface area (Å²) in [4.78, 5) is 23.3. The van der Waals surface area contributed by atoms with Crippen LogP contribution in [0.15, 0.2) is 42.9 Å². The molecule has 0 atom stereocenters. The van der Waals surface area contributed by atoms with Crippen LogP contribution in [0.3, 0.4) is 0 Å². The number of aromatic nitrogens is 5. The lowest BCUT2D eigenvalue weighted by Gasteiger charge is -2.11. The molecule has 1 aromatic carbocycles. The van der Waals surface area contributed by atoms with Crippen molar-refractivity contribution in [2.24, 2.45) is 5.73 Å². The first-order valence-corrected chi connectivity index (χ1v) is 10.1. The molecule has 35 heavy (non-hydrogen) atoms. The van der Waals surface area contributed by atoms with Crippen molar-refractivity contribution in [1.82, 2.24) is 24.7 Å². The number of nitrogens with two attached hydrogens (primary N) is 2. The molecule has 0 saturated heterocycles. The molecular weight excluding hydrogens is 517 g/mol. The van der Waals surface area contributed by atoms with E-state index in [1.54, 1.807) is 0 Å². The number of pyridine rings is 1. The number of rotatable bonds is 5. The van der Waals surface area contributed by atoms with Crippen molar-refractivity contribution >= 4 is 34.9 Å². The summed E-state index contributed by atoms with van der Waals surface area (Å²) in [6, 6.07) is 5.49. The van der Waals surface area contributed by atoms with E-state index in [0.717, 1.165) is 30.7 Å². The Labute approximate surface area is 203 Å². The second-order valence-electron chi connectivity index (χ2n) is 6.80. The number of alkyl halides is 3. The van der Waals surface area contributed by atoms with Gasteiger partial charge in [-0.3, -0.25) is 4.79 Å². The summed E-state index contributed by atoms with van der Waals surface area (Å²) in [5.41, 5.74) is 7.59. The Morgan fingerprint density at radius 2 is 1.83 bits per heavy atom. The van der Waals surface area contributed by atoms with E-state index in [-0.39, 0.29) is 38.9 Å². The number of anilines is 1. The number of amides is 1. The molecule has 0 spiro atoms. The highest BCUT2D eigenvalue weighted by atomic mass is 35.5. The minimum absolute atomic E-state index is 0.0670. The number of halogens is 6. The Kier molecular flexibility index (Phi) is 6.21. The van der Waals surface area contributed by atoms with Gasteiger partial charge >= 0.3 is 6.18 Å². The van der Waals surface area contributed by atoms with Gasteiger partial charge in [-0.2, -0.15) is 23.3 Å². The van der Waals surface area contributed by atoms with Gasteiger partial charge in [0.25, 0.3) is 5.91 Å². The molecule has 0 aliphatic carbocycles. The Morgan fingerprint density at radius 1 is 1.09 bits per heavy atom. The molecule has 0 aliphatic rings. The van der Waals surface area contributed by atoms with Gasteiger partial charge in [-0.05, 0) is 24.3 Å². The molecular formula is C20H11Cl2F4N7O2. The van der Waals surface area contributed by atoms with Gasteiger partial charge in [0, 0.05) is 22.8 Å². The lowest BCUT2D eigenvalue weighted by atomic mass is 10.0. The van der Waals surface area contributed by atoms with Gasteiger partial charge in [0.1, 0.15) is 22.9 Å². The first kappa shape index (κ1) is 24.2. The van der Waals surface area contributed by atoms with Gasteiger partial charge in [-0.25, -0.2) is 19.0 Å². The normalized spacial score (nSPS) is 11.5. The van der Waals surface area contributed by atoms with Gasteiger partial charge in [0.15, 0.2) is 23.1 Å². The van der Waals surface area contributed by atoms with Crippen LogP contribution in [0.2, 0.25) is 10.0 Å². The van der Waals surface area contributed by atoms with Crippen molar-refractivity contribution in [3.63, 3.8) is 0 Å². The molecule has 1 amide bonds. The predicted molar refractivity (Wildman–Crippen MR) is 117 cm³/mol. The summed E-state index contributed by atoms with van der Waals surface area (Å²) >= 11 is 11.8. The van der Waals surface area contributed by atoms with Crippen LogP contribution >= 0.6 is 23.2 Å². The first-order valence-electron chi connectivity index (χ1n) is 9.33. The Bertz CT molecular complexity index is 1460. The Balaban J connectivity index is 1.86. The number of hydrogen-bond donors (Lipinski definition) is 2. The third-order valence-corrected chi connectivity index (χ3v) is 5.11. The van der Waals surface area contributed by atoms with E-state index < -0.39 is 34.9 Å². The van der Waals surface area contributed by atoms with Crippen LogP contribution in [-0.2, 0) is 6.18 Å². The monoisotopic (exact) mass is 527 g/mol. The van der Waals surface area contributed by atoms with Crippen molar-refractivity contribution in [1.29, 1.82) is 0 Å². The summed E-state index contributed by atoms with van der Waals surface area (Å²) in [5, 5.41) is 3.76. The number of carbonyl (C=O) groups excluding carboxylic acids is 1. The number of benzene rings is 1. The fourth-order valence-corrected chi connectivity index (χ4v) is 3.35. The molecule has 4 aromatic rings. The molecule has 0 fully saturated rings. The molecule has 15 heteroatoms. The third-order valence-electron chi connectivity index (χ3n) is 4.52. The van der Waals surface area contributed by atoms with Crippen LogP contribution in [0.5, 0.6) is 11.6 Å². The summed E-state index contributed by atoms with van der Waals surface area (Å²) in [6.45, 7) is 0. The van der Waals surface area contributed by atoms with Crippen LogP contribution in [0.25, 0.3) is 17.1 Å². The van der Waals surface area contributed by atoms with Crippen molar-refractivity contribution < 1.29 is 27.1 Å². The number of primary amides is 1. The third kappa shape index (κ3) is 4.68. The van der Waals surface area contributed by atoms with Gasteiger partial charge in [-0.15, -0.1) is 0 Å². The maximum atomic E-state index is 14.9. The molecule has 0 radical (unpaired) electrons. The summed E-state index contributed by atoms with van der Waals surface area (Å²) in [6.07, 6.45) is -2.89. The molecule has 0 bridgehead atoms. The number of ether oxygens (including phenoxy) is 1. The van der Waals surface area contributed by atoms with Crippen molar-refractivity contribution in [2.75, 3.05) is 5.73 Å². The van der Waals surface area contributed by atoms with Crippen LogP contribution in [0, 0.1) is 5.82 Å². The van der Waals surface area contributed by atoms with E-state index in [1.807, 2.05) is 0 Å². The summed E-state index contributed by atoms with van der Waals surface area (Å²) in [7, 11) is 0. The summed E-state index contributed by atoms with van der Waals surface area (Å²) < 4.78 is 62.5. The van der Waals surface area contributed by atoms with E-state index in [0.29, 0.717) is 4.68 Å². The minimum Gasteiger partial charge on any atom is -0.434 e. The lowest BCUT2D eigenvalue weighted by molar-refractivity contribution is -0.143. The minimum atomic E-state index is -5.08. The van der Waals surface area contributed by atoms with Crippen LogP contribution in [-0.4, -0.2) is 30.6 Å². The second-order valence-corrected chi connectivity index (χ2v) is 7.62. The van der Waals surface area contributed by atoms with Crippen LogP contribution in [0.4, 0.5) is 23.4 Å². The van der Waals surface area contributed by atoms with E-state index in [1.165, 1.54) is 12.1 Å². The molecule has 180 valence electrons. The fourth-order valence-electron chi connectivity index (χ4n) is 3.06. The van der Waals surface area contributed by atoms with E-state index in [2.05, 4.69) is 20.1 Å². The zero-order chi connectivity index (χ0) is 25.5. The molecule has 4 N–H and O–H groups in total. The molecule has 3 heterocycles. The largest absolute Gasteiger partial charge is 0.434 e. The maximum absolute atomic E-state index is 14.9. The van der Waals surface area contributed by atoms with Crippen LogP contribution in [0.1, 0.15) is 16.1 Å². The van der Waals surface area contributed by atoms with E-state index >= 15 is 0 Å². The lowest BCUT2D eigenvalue weighted by Crippen LogP contribution is -2.21. The zero-order valence-corrected chi connectivity index (χ0v) is 18.5. The highest BCUT2D eigenvalue weighted by Gasteiger charge is 2.43. The first-order chi connectivity index (χ1) is 16.5. The van der Waals surface area contributed by atoms with Crippen molar-refractivity contribution in [3.8, 4) is 28.7 Å². The Morgan fingerprint density at radius 3 is 2.46 bits per heavy atom. The van der Waals surface area contributed by atoms with E-state index in [9.17, 15) is 22.4 Å². The topological polar surface area (TPSA) is 135 Å². The maximum Gasteiger partial charge on any atom is 0.434 e. The highest BCUT2D eigenvalue weighted by molar-refractivity contribution is 6.34. The molecule has 0 saturated carbocycles. The number of carbonyl (C=O) groups is 1. The summed E-state index contributed by atoms with van der Waals surface area (Å²) in [5.74, 6) is -3.56. The molecule has 3 aromatic heterocycles. The van der Waals surface area contributed by atoms with Gasteiger partial charge < -0.3 is 16.2 Å². The molecule has 0 unspecified atom stereocenters. The molecule has 4 rings (SSSR count). The van der Waals surface area contributed by atoms with Crippen LogP contribution < -0.4 is 16.2 Å². The average molecular weight is 528 g/mol. The highest BCUT2D eigenvalue weighted by Crippen LogP contribution is 2.39. The number of nitrogens with zero attached hydrogens (tertiary/aromatic N) is 5. The molecule has 9 nitrogen and oxygen atoms in total. The SMILES string of the molecule is NC(=O)c1c(-c2ccc(Oc3ncnc(N)c3Cl)c(F)c2)nn(-c2cc(Cl)ccn2)c1C(F)(F)F. The van der Waals surface area contributed by atoms with E-state index in [4.69, 9.17) is 39.4 Å². The van der Waals surface area contributed by atoms with Crippen molar-refractivity contribution in [2.45, 2.75) is 6.18 Å². The van der Waals surface area contributed by atoms with Gasteiger partial charge in [0.2, 0.25) is 5.88 Å². The predicted octanol–water partition coefficient (Wildman–Crippen LogP) is 4.66. The second kappa shape index (κ2) is 9.00. The fraction of sp³-hybridized carbons (Fsp3) is 0.0500. The van der Waals surface area contributed by atoms with Crippen molar-refractivity contribution in [3.05, 3.63) is 70.0 Å². The quantitative estimate of drug-likeness (QED) is 0.360. The zero-order valence-electron chi connectivity index (χ0n) is 17.0. The standard InChI is InChI=1S/C20H11Cl2F4N7O2/c21-9-3-4-29-12(6-9)33-16(20(24,25)26)13(18(28)34)15(32-33)8-1-2-11(10(23)5-8)35-19-14(22)17(27)30-7-31-19/h1-7H,(H2,28,34)(H2,27,30,31). The number of nitrogen functional groups attached to an aromatic ring is 1. The Hall–Kier alpha value is -3.97. The smallest absolute Gasteiger partial charge is 0.434 e. The van der Waals surface area contributed by atoms with Gasteiger partial charge in [0.05, 0.1) is 5.56 Å².